The van der Waals surface area contributed by atoms with Gasteiger partial charge < -0.3 is 9.64 Å². The van der Waals surface area contributed by atoms with E-state index in [0.29, 0.717) is 50.1 Å². The third-order valence-corrected chi connectivity index (χ3v) is 8.73. The van der Waals surface area contributed by atoms with Crippen LogP contribution >= 0.6 is 0 Å². The van der Waals surface area contributed by atoms with E-state index in [1.165, 1.54) is 4.31 Å². The van der Waals surface area contributed by atoms with Gasteiger partial charge in [-0.05, 0) is 62.8 Å². The molecule has 0 unspecified atom stereocenters. The zero-order valence-corrected chi connectivity index (χ0v) is 20.8. The van der Waals surface area contributed by atoms with Crippen molar-refractivity contribution in [3.63, 3.8) is 0 Å². The van der Waals surface area contributed by atoms with Gasteiger partial charge in [-0.2, -0.15) is 4.31 Å². The van der Waals surface area contributed by atoms with Gasteiger partial charge in [-0.25, -0.2) is 17.2 Å². The lowest BCUT2D eigenvalue weighted by molar-refractivity contribution is 0.0635. The standard InChI is InChI=1S/C26H32F2N2O4S/c1-2-16-29-17-7-8-18-30(35(32,33)25-20(27)11-9-12-21(25)28)22-13-4-6-15-24(22)34-23-14-5-3-10-19(23)26(29)31/h3,5,9-12,14,22,24H,2,4,6-8,13,15-18H2,1H3/t22-,24+/m1/s1. The number of nitrogens with zero attached hydrogens (tertiary/aromatic N) is 2. The summed E-state index contributed by atoms with van der Waals surface area (Å²) in [7, 11) is -4.47. The van der Waals surface area contributed by atoms with E-state index in [9.17, 15) is 22.0 Å². The van der Waals surface area contributed by atoms with Crippen LogP contribution in [-0.4, -0.2) is 55.3 Å². The van der Waals surface area contributed by atoms with Gasteiger partial charge in [0.15, 0.2) is 4.90 Å². The van der Waals surface area contributed by atoms with Crippen molar-refractivity contribution in [2.75, 3.05) is 19.6 Å². The number of halogens is 2. The van der Waals surface area contributed by atoms with E-state index in [1.54, 1.807) is 29.2 Å². The molecule has 1 heterocycles. The van der Waals surface area contributed by atoms with E-state index in [-0.39, 0.29) is 12.5 Å². The molecule has 1 amide bonds. The van der Waals surface area contributed by atoms with Crippen molar-refractivity contribution in [1.82, 2.24) is 9.21 Å². The number of fused-ring (bicyclic) bond motifs is 2. The van der Waals surface area contributed by atoms with E-state index < -0.39 is 38.7 Å². The number of carbonyl (C=O) groups is 1. The number of hydrogen-bond acceptors (Lipinski definition) is 4. The Morgan fingerprint density at radius 2 is 1.63 bits per heavy atom. The quantitative estimate of drug-likeness (QED) is 0.586. The Bertz CT molecular complexity index is 1140. The zero-order valence-electron chi connectivity index (χ0n) is 20.0. The molecule has 0 radical (unpaired) electrons. The van der Waals surface area contributed by atoms with Crippen LogP contribution in [0, 0.1) is 11.6 Å². The summed E-state index contributed by atoms with van der Waals surface area (Å²) in [4.78, 5) is 14.2. The summed E-state index contributed by atoms with van der Waals surface area (Å²) in [5.74, 6) is -1.90. The molecule has 1 aliphatic carbocycles. The third kappa shape index (κ3) is 5.35. The van der Waals surface area contributed by atoms with Crippen molar-refractivity contribution in [3.8, 4) is 5.75 Å². The van der Waals surface area contributed by atoms with Gasteiger partial charge in [0.1, 0.15) is 23.5 Å². The molecular formula is C26H32F2N2O4S. The Labute approximate surface area is 205 Å². The highest BCUT2D eigenvalue weighted by molar-refractivity contribution is 7.89. The van der Waals surface area contributed by atoms with E-state index in [4.69, 9.17) is 4.74 Å². The van der Waals surface area contributed by atoms with E-state index in [0.717, 1.165) is 37.5 Å². The number of amides is 1. The number of rotatable bonds is 4. The molecule has 4 rings (SSSR count). The molecule has 2 aliphatic rings. The van der Waals surface area contributed by atoms with Gasteiger partial charge in [-0.3, -0.25) is 4.79 Å². The van der Waals surface area contributed by atoms with Gasteiger partial charge in [0.2, 0.25) is 10.0 Å². The summed E-state index contributed by atoms with van der Waals surface area (Å²) in [6, 6.07) is 9.51. The molecule has 2 aromatic carbocycles. The monoisotopic (exact) mass is 506 g/mol. The maximum Gasteiger partial charge on any atom is 0.257 e. The van der Waals surface area contributed by atoms with Crippen molar-refractivity contribution in [2.24, 2.45) is 0 Å². The molecule has 35 heavy (non-hydrogen) atoms. The first-order chi connectivity index (χ1) is 16.8. The van der Waals surface area contributed by atoms with Crippen LogP contribution in [0.5, 0.6) is 5.75 Å². The van der Waals surface area contributed by atoms with E-state index >= 15 is 0 Å². The van der Waals surface area contributed by atoms with Crippen molar-refractivity contribution < 1.29 is 26.7 Å². The first kappa shape index (κ1) is 25.6. The van der Waals surface area contributed by atoms with Crippen LogP contribution in [0.2, 0.25) is 0 Å². The summed E-state index contributed by atoms with van der Waals surface area (Å²) in [5, 5.41) is 0. The molecule has 1 saturated carbocycles. The summed E-state index contributed by atoms with van der Waals surface area (Å²) in [5.41, 5.74) is 0.445. The maximum absolute atomic E-state index is 14.6. The second-order valence-corrected chi connectivity index (χ2v) is 11.0. The molecule has 2 aromatic rings. The largest absolute Gasteiger partial charge is 0.488 e. The minimum atomic E-state index is -4.47. The fourth-order valence-corrected chi connectivity index (χ4v) is 6.92. The number of sulfonamides is 1. The number of carbonyl (C=O) groups excluding carboxylic acids is 1. The molecule has 0 N–H and O–H groups in total. The van der Waals surface area contributed by atoms with E-state index in [1.807, 2.05) is 6.92 Å². The molecule has 2 atom stereocenters. The normalized spacial score (nSPS) is 22.4. The first-order valence-corrected chi connectivity index (χ1v) is 13.8. The minimum Gasteiger partial charge on any atom is -0.488 e. The smallest absolute Gasteiger partial charge is 0.257 e. The molecule has 0 saturated heterocycles. The Balaban J connectivity index is 1.77. The molecule has 9 heteroatoms. The Morgan fingerprint density at radius 3 is 2.37 bits per heavy atom. The maximum atomic E-state index is 14.6. The van der Waals surface area contributed by atoms with Crippen molar-refractivity contribution in [3.05, 3.63) is 59.7 Å². The van der Waals surface area contributed by atoms with Crippen LogP contribution < -0.4 is 4.74 Å². The van der Waals surface area contributed by atoms with Gasteiger partial charge in [0, 0.05) is 19.6 Å². The van der Waals surface area contributed by atoms with Crippen LogP contribution in [0.25, 0.3) is 0 Å². The second kappa shape index (κ2) is 11.0. The average Bonchev–Trinajstić information content (AvgIpc) is 2.83. The summed E-state index contributed by atoms with van der Waals surface area (Å²) >= 11 is 0. The molecule has 6 nitrogen and oxygen atoms in total. The number of hydrogen-bond donors (Lipinski definition) is 0. The van der Waals surface area contributed by atoms with Crippen molar-refractivity contribution in [1.29, 1.82) is 0 Å². The highest BCUT2D eigenvalue weighted by Crippen LogP contribution is 2.34. The molecule has 0 bridgehead atoms. The predicted molar refractivity (Wildman–Crippen MR) is 129 cm³/mol. The topological polar surface area (TPSA) is 66.9 Å². The molecular weight excluding hydrogens is 474 g/mol. The molecule has 1 fully saturated rings. The lowest BCUT2D eigenvalue weighted by atomic mass is 9.92. The third-order valence-electron chi connectivity index (χ3n) is 6.76. The second-order valence-electron chi connectivity index (χ2n) is 9.17. The van der Waals surface area contributed by atoms with Crippen molar-refractivity contribution in [2.45, 2.75) is 68.9 Å². The lowest BCUT2D eigenvalue weighted by Gasteiger charge is -2.40. The molecule has 0 spiro atoms. The molecule has 190 valence electrons. The summed E-state index contributed by atoms with van der Waals surface area (Å²) in [6.07, 6.45) is 3.97. The number of ether oxygens (including phenoxy) is 1. The van der Waals surface area contributed by atoms with Crippen LogP contribution in [-0.2, 0) is 10.0 Å². The Kier molecular flexibility index (Phi) is 8.06. The van der Waals surface area contributed by atoms with Crippen molar-refractivity contribution >= 4 is 15.9 Å². The fraction of sp³-hybridized carbons (Fsp3) is 0.500. The Morgan fingerprint density at radius 1 is 0.943 bits per heavy atom. The lowest BCUT2D eigenvalue weighted by Crippen LogP contribution is -2.51. The Hall–Kier alpha value is -2.52. The SMILES string of the molecule is CCCN1CCCCN(S(=O)(=O)c2c(F)cccc2F)[C@@H]2CCCC[C@@H]2Oc2ccccc2C1=O. The van der Waals surface area contributed by atoms with Crippen LogP contribution in [0.15, 0.2) is 47.4 Å². The summed E-state index contributed by atoms with van der Waals surface area (Å²) < 4.78 is 64.2. The average molecular weight is 507 g/mol. The van der Waals surface area contributed by atoms with Gasteiger partial charge >= 0.3 is 0 Å². The van der Waals surface area contributed by atoms with Crippen LogP contribution in [0.3, 0.4) is 0 Å². The highest BCUT2D eigenvalue weighted by atomic mass is 32.2. The molecule has 1 aliphatic heterocycles. The highest BCUT2D eigenvalue weighted by Gasteiger charge is 2.41. The fourth-order valence-electron chi connectivity index (χ4n) is 5.09. The van der Waals surface area contributed by atoms with Gasteiger partial charge in [-0.1, -0.05) is 31.5 Å². The molecule has 0 aromatic heterocycles. The van der Waals surface area contributed by atoms with E-state index in [2.05, 4.69) is 0 Å². The van der Waals surface area contributed by atoms with Gasteiger partial charge in [0.25, 0.3) is 5.91 Å². The zero-order chi connectivity index (χ0) is 25.0. The number of benzene rings is 2. The number of para-hydroxylation sites is 1. The summed E-state index contributed by atoms with van der Waals surface area (Å²) in [6.45, 7) is 3.12. The van der Waals surface area contributed by atoms with Crippen LogP contribution in [0.4, 0.5) is 8.78 Å². The van der Waals surface area contributed by atoms with Gasteiger partial charge in [0.05, 0.1) is 11.6 Å². The first-order valence-electron chi connectivity index (χ1n) is 12.4. The van der Waals surface area contributed by atoms with Gasteiger partial charge in [-0.15, -0.1) is 0 Å². The van der Waals surface area contributed by atoms with Crippen LogP contribution in [0.1, 0.15) is 62.2 Å². The predicted octanol–water partition coefficient (Wildman–Crippen LogP) is 4.99. The minimum absolute atomic E-state index is 0.0937.